The number of nitrogens with zero attached hydrogens (tertiary/aromatic N) is 1. The van der Waals surface area contributed by atoms with Gasteiger partial charge in [0.2, 0.25) is 0 Å². The summed E-state index contributed by atoms with van der Waals surface area (Å²) in [6.45, 7) is 4.91. The van der Waals surface area contributed by atoms with E-state index in [0.29, 0.717) is 43.8 Å². The quantitative estimate of drug-likeness (QED) is 0.745. The van der Waals surface area contributed by atoms with Crippen LogP contribution in [0.1, 0.15) is 38.7 Å². The Morgan fingerprint density at radius 2 is 2.11 bits per heavy atom. The molecule has 5 nitrogen and oxygen atoms in total. The Balaban J connectivity index is 2.13. The minimum Gasteiger partial charge on any atom is -0.481 e. The molecule has 0 radical (unpaired) electrons. The standard InChI is InChI=1S/C19H26F3NO4/c1-13(2)6-8-18(17(25)26)12-23(9-7-16(18)24)11-14-4-3-5-15(10-14)27-19(20,21)22/h3-5,10,13,16,24H,6-9,11-12H2,1-2H3,(H,25,26)/t16-,18-/m1/s1. The van der Waals surface area contributed by atoms with E-state index in [4.69, 9.17) is 0 Å². The molecule has 2 atom stereocenters. The van der Waals surface area contributed by atoms with E-state index < -0.39 is 23.9 Å². The topological polar surface area (TPSA) is 70.0 Å². The van der Waals surface area contributed by atoms with Gasteiger partial charge >= 0.3 is 12.3 Å². The highest BCUT2D eigenvalue weighted by atomic mass is 19.4. The van der Waals surface area contributed by atoms with Crippen LogP contribution in [0.15, 0.2) is 24.3 Å². The molecule has 1 aliphatic rings. The van der Waals surface area contributed by atoms with Crippen molar-refractivity contribution in [1.29, 1.82) is 0 Å². The van der Waals surface area contributed by atoms with Crippen LogP contribution in [0.3, 0.4) is 0 Å². The van der Waals surface area contributed by atoms with Crippen molar-refractivity contribution in [3.05, 3.63) is 29.8 Å². The number of carboxylic acid groups (broad SMARTS) is 1. The Kier molecular flexibility index (Phi) is 6.75. The zero-order valence-electron chi connectivity index (χ0n) is 15.5. The first-order valence-corrected chi connectivity index (χ1v) is 9.00. The molecule has 1 aromatic rings. The molecule has 152 valence electrons. The molecular weight excluding hydrogens is 363 g/mol. The maximum atomic E-state index is 12.4. The number of benzene rings is 1. The molecule has 2 rings (SSSR count). The van der Waals surface area contributed by atoms with Crippen molar-refractivity contribution >= 4 is 5.97 Å². The molecule has 0 amide bonds. The lowest BCUT2D eigenvalue weighted by Gasteiger charge is -2.43. The molecule has 1 saturated heterocycles. The average Bonchev–Trinajstić information content (AvgIpc) is 2.54. The molecule has 1 heterocycles. The molecule has 0 aliphatic carbocycles. The van der Waals surface area contributed by atoms with Crippen molar-refractivity contribution in [1.82, 2.24) is 4.90 Å². The summed E-state index contributed by atoms with van der Waals surface area (Å²) >= 11 is 0. The minimum atomic E-state index is -4.76. The van der Waals surface area contributed by atoms with Gasteiger partial charge in [-0.1, -0.05) is 26.0 Å². The van der Waals surface area contributed by atoms with Gasteiger partial charge in [-0.15, -0.1) is 13.2 Å². The largest absolute Gasteiger partial charge is 0.573 e. The third kappa shape index (κ3) is 5.84. The Bertz CT molecular complexity index is 650. The number of ether oxygens (including phenoxy) is 1. The lowest BCUT2D eigenvalue weighted by molar-refractivity contribution is -0.274. The van der Waals surface area contributed by atoms with Crippen molar-refractivity contribution in [3.63, 3.8) is 0 Å². The van der Waals surface area contributed by atoms with Crippen LogP contribution >= 0.6 is 0 Å². The molecule has 1 aromatic carbocycles. The molecule has 1 aliphatic heterocycles. The van der Waals surface area contributed by atoms with Crippen LogP contribution in [-0.2, 0) is 11.3 Å². The number of carboxylic acids is 1. The van der Waals surface area contributed by atoms with E-state index in [1.165, 1.54) is 18.2 Å². The van der Waals surface area contributed by atoms with Crippen LogP contribution in [0.25, 0.3) is 0 Å². The predicted molar refractivity (Wildman–Crippen MR) is 93.2 cm³/mol. The Hall–Kier alpha value is -1.80. The van der Waals surface area contributed by atoms with Crippen LogP contribution in [0.4, 0.5) is 13.2 Å². The van der Waals surface area contributed by atoms with Crippen molar-refractivity contribution in [3.8, 4) is 5.75 Å². The van der Waals surface area contributed by atoms with Gasteiger partial charge < -0.3 is 14.9 Å². The highest BCUT2D eigenvalue weighted by Crippen LogP contribution is 2.37. The molecule has 0 saturated carbocycles. The van der Waals surface area contributed by atoms with E-state index in [1.807, 2.05) is 18.7 Å². The van der Waals surface area contributed by atoms with Gasteiger partial charge in [0.1, 0.15) is 11.2 Å². The second kappa shape index (κ2) is 8.48. The highest BCUT2D eigenvalue weighted by Gasteiger charge is 2.48. The van der Waals surface area contributed by atoms with E-state index in [-0.39, 0.29) is 12.3 Å². The lowest BCUT2D eigenvalue weighted by Crippen LogP contribution is -2.55. The van der Waals surface area contributed by atoms with E-state index in [2.05, 4.69) is 4.74 Å². The fourth-order valence-corrected chi connectivity index (χ4v) is 3.51. The molecule has 1 fully saturated rings. The number of alkyl halides is 3. The number of likely N-dealkylation sites (tertiary alicyclic amines) is 1. The molecule has 0 spiro atoms. The van der Waals surface area contributed by atoms with Crippen molar-refractivity contribution in [2.75, 3.05) is 13.1 Å². The number of hydrogen-bond acceptors (Lipinski definition) is 4. The second-order valence-corrected chi connectivity index (χ2v) is 7.60. The molecular formula is C19H26F3NO4. The number of halogens is 3. The lowest BCUT2D eigenvalue weighted by atomic mass is 9.72. The van der Waals surface area contributed by atoms with Gasteiger partial charge in [-0.05, 0) is 42.9 Å². The number of hydrogen-bond donors (Lipinski definition) is 2. The Morgan fingerprint density at radius 3 is 2.70 bits per heavy atom. The summed E-state index contributed by atoms with van der Waals surface area (Å²) in [5, 5.41) is 20.2. The normalized spacial score (nSPS) is 24.2. The van der Waals surface area contributed by atoms with Gasteiger partial charge in [0.15, 0.2) is 0 Å². The molecule has 2 N–H and O–H groups in total. The van der Waals surface area contributed by atoms with Gasteiger partial charge in [-0.3, -0.25) is 9.69 Å². The summed E-state index contributed by atoms with van der Waals surface area (Å²) in [4.78, 5) is 13.8. The first kappa shape index (κ1) is 21.5. The van der Waals surface area contributed by atoms with E-state index in [9.17, 15) is 28.2 Å². The van der Waals surface area contributed by atoms with E-state index in [0.717, 1.165) is 0 Å². The van der Waals surface area contributed by atoms with Crippen LogP contribution in [0, 0.1) is 11.3 Å². The fourth-order valence-electron chi connectivity index (χ4n) is 3.51. The number of piperidine rings is 1. The summed E-state index contributed by atoms with van der Waals surface area (Å²) in [7, 11) is 0. The number of aliphatic hydroxyl groups excluding tert-OH is 1. The van der Waals surface area contributed by atoms with E-state index in [1.54, 1.807) is 6.07 Å². The molecule has 0 unspecified atom stereocenters. The van der Waals surface area contributed by atoms with Crippen molar-refractivity contribution in [2.24, 2.45) is 11.3 Å². The van der Waals surface area contributed by atoms with Crippen molar-refractivity contribution in [2.45, 2.75) is 52.1 Å². The Labute approximate surface area is 156 Å². The average molecular weight is 389 g/mol. The third-order valence-corrected chi connectivity index (χ3v) is 4.99. The monoisotopic (exact) mass is 389 g/mol. The first-order chi connectivity index (χ1) is 12.5. The predicted octanol–water partition coefficient (Wildman–Crippen LogP) is 3.66. The zero-order valence-corrected chi connectivity index (χ0v) is 15.5. The van der Waals surface area contributed by atoms with Gasteiger partial charge in [0, 0.05) is 19.6 Å². The van der Waals surface area contributed by atoms with Crippen LogP contribution in [0.5, 0.6) is 5.75 Å². The Morgan fingerprint density at radius 1 is 1.41 bits per heavy atom. The third-order valence-electron chi connectivity index (χ3n) is 4.99. The van der Waals surface area contributed by atoms with Crippen LogP contribution in [0.2, 0.25) is 0 Å². The minimum absolute atomic E-state index is 0.153. The number of aliphatic hydroxyl groups is 1. The molecule has 0 aromatic heterocycles. The highest BCUT2D eigenvalue weighted by molar-refractivity contribution is 5.76. The summed E-state index contributed by atoms with van der Waals surface area (Å²) in [6, 6.07) is 5.67. The zero-order chi connectivity index (χ0) is 20.2. The maximum absolute atomic E-state index is 12.4. The first-order valence-electron chi connectivity index (χ1n) is 9.00. The molecule has 8 heteroatoms. The maximum Gasteiger partial charge on any atom is 0.573 e. The van der Waals surface area contributed by atoms with Crippen LogP contribution < -0.4 is 4.74 Å². The second-order valence-electron chi connectivity index (χ2n) is 7.60. The van der Waals surface area contributed by atoms with Gasteiger partial charge in [-0.2, -0.15) is 0 Å². The van der Waals surface area contributed by atoms with Gasteiger partial charge in [0.25, 0.3) is 0 Å². The SMILES string of the molecule is CC(C)CC[C@@]1(C(=O)O)CN(Cc2cccc(OC(F)(F)F)c2)CC[C@H]1O. The summed E-state index contributed by atoms with van der Waals surface area (Å²) in [6.07, 6.45) is -4.36. The van der Waals surface area contributed by atoms with E-state index >= 15 is 0 Å². The smallest absolute Gasteiger partial charge is 0.481 e. The van der Waals surface area contributed by atoms with Gasteiger partial charge in [-0.25, -0.2) is 0 Å². The van der Waals surface area contributed by atoms with Gasteiger partial charge in [0.05, 0.1) is 6.10 Å². The number of rotatable bonds is 7. The molecule has 27 heavy (non-hydrogen) atoms. The van der Waals surface area contributed by atoms with Crippen molar-refractivity contribution < 1.29 is 32.9 Å². The summed E-state index contributed by atoms with van der Waals surface area (Å²) in [5.74, 6) is -1.03. The summed E-state index contributed by atoms with van der Waals surface area (Å²) < 4.78 is 41.1. The number of carbonyl (C=O) groups is 1. The number of aliphatic carboxylic acids is 1. The fraction of sp³-hybridized carbons (Fsp3) is 0.632. The molecule has 0 bridgehead atoms. The summed E-state index contributed by atoms with van der Waals surface area (Å²) in [5.41, 5.74) is -0.668. The van der Waals surface area contributed by atoms with Crippen LogP contribution in [-0.4, -0.2) is 46.6 Å².